The summed E-state index contributed by atoms with van der Waals surface area (Å²) in [5.74, 6) is 1.63. The number of guanidine groups is 1. The van der Waals surface area contributed by atoms with E-state index in [9.17, 15) is 0 Å². The van der Waals surface area contributed by atoms with Crippen LogP contribution >= 0.6 is 24.0 Å². The first-order valence-electron chi connectivity index (χ1n) is 11.8. The number of halogens is 1. The molecule has 4 rings (SSSR count). The second-order valence-corrected chi connectivity index (χ2v) is 8.63. The maximum Gasteiger partial charge on any atom is 0.193 e. The number of aliphatic imine (C=N–C) groups is 1. The van der Waals surface area contributed by atoms with Crippen LogP contribution in [0.4, 0.5) is 5.69 Å². The largest absolute Gasteiger partial charge is 0.369 e. The molecule has 176 valence electrons. The first-order valence-corrected chi connectivity index (χ1v) is 11.8. The molecule has 0 bridgehead atoms. The molecule has 0 amide bonds. The fourth-order valence-corrected chi connectivity index (χ4v) is 4.65. The van der Waals surface area contributed by atoms with E-state index in [0.29, 0.717) is 5.92 Å². The smallest absolute Gasteiger partial charge is 0.193 e. The summed E-state index contributed by atoms with van der Waals surface area (Å²) in [5.41, 5.74) is 2.69. The average molecular weight is 552 g/mol. The molecule has 1 N–H and O–H groups in total. The number of rotatable bonds is 7. The summed E-state index contributed by atoms with van der Waals surface area (Å²) in [5, 5.41) is 7.84. The van der Waals surface area contributed by atoms with Crippen molar-refractivity contribution < 1.29 is 0 Å². The van der Waals surface area contributed by atoms with Gasteiger partial charge in [-0.05, 0) is 37.5 Å². The highest BCUT2D eigenvalue weighted by molar-refractivity contribution is 14.0. The Hall–Kier alpha value is -1.81. The maximum absolute atomic E-state index is 4.95. The maximum atomic E-state index is 4.95. The second kappa shape index (κ2) is 12.4. The van der Waals surface area contributed by atoms with E-state index >= 15 is 0 Å². The molecule has 2 aromatic rings. The summed E-state index contributed by atoms with van der Waals surface area (Å²) >= 11 is 0. The lowest BCUT2D eigenvalue weighted by Gasteiger charge is -2.36. The molecule has 0 saturated carbocycles. The molecule has 7 nitrogen and oxygen atoms in total. The van der Waals surface area contributed by atoms with Gasteiger partial charge in [-0.25, -0.2) is 0 Å². The minimum atomic E-state index is 0. The summed E-state index contributed by atoms with van der Waals surface area (Å²) in [6, 6.07) is 10.8. The lowest BCUT2D eigenvalue weighted by Crippen LogP contribution is -2.46. The van der Waals surface area contributed by atoms with E-state index < -0.39 is 0 Å². The Bertz CT molecular complexity index is 830. The first-order chi connectivity index (χ1) is 15.2. The second-order valence-electron chi connectivity index (χ2n) is 8.63. The Morgan fingerprint density at radius 2 is 1.91 bits per heavy atom. The molecule has 2 fully saturated rings. The van der Waals surface area contributed by atoms with Gasteiger partial charge in [0.15, 0.2) is 5.96 Å². The third kappa shape index (κ3) is 6.60. The lowest BCUT2D eigenvalue weighted by atomic mass is 10.0. The molecule has 0 spiro atoms. The Morgan fingerprint density at radius 1 is 1.12 bits per heavy atom. The highest BCUT2D eigenvalue weighted by Gasteiger charge is 2.26. The predicted molar refractivity (Wildman–Crippen MR) is 143 cm³/mol. The van der Waals surface area contributed by atoms with Crippen molar-refractivity contribution in [2.75, 3.05) is 63.8 Å². The first kappa shape index (κ1) is 24.8. The van der Waals surface area contributed by atoms with Crippen molar-refractivity contribution in [1.29, 1.82) is 0 Å². The van der Waals surface area contributed by atoms with Gasteiger partial charge in [0.2, 0.25) is 0 Å². The molecule has 32 heavy (non-hydrogen) atoms. The standard InChI is InChI=1S/C24H37N7.HI/c1-3-25-24(31-13-10-21(20-31)22-18-27-28(2)19-22)26-11-7-12-29-14-16-30(17-15-29)23-8-5-4-6-9-23;/h4-6,8-9,18-19,21H,3,7,10-17,20H2,1-2H3,(H,25,26);1H. The fourth-order valence-electron chi connectivity index (χ4n) is 4.65. The van der Waals surface area contributed by atoms with Gasteiger partial charge in [-0.3, -0.25) is 14.6 Å². The van der Waals surface area contributed by atoms with Gasteiger partial charge < -0.3 is 15.1 Å². The van der Waals surface area contributed by atoms with Crippen molar-refractivity contribution in [2.24, 2.45) is 12.0 Å². The summed E-state index contributed by atoms with van der Waals surface area (Å²) in [6.07, 6.45) is 6.44. The molecular formula is C24H38IN7. The molecule has 8 heteroatoms. The highest BCUT2D eigenvalue weighted by atomic mass is 127. The van der Waals surface area contributed by atoms with E-state index in [4.69, 9.17) is 4.99 Å². The van der Waals surface area contributed by atoms with Crippen molar-refractivity contribution in [2.45, 2.75) is 25.7 Å². The van der Waals surface area contributed by atoms with Gasteiger partial charge >= 0.3 is 0 Å². The van der Waals surface area contributed by atoms with E-state index in [2.05, 4.69) is 68.6 Å². The van der Waals surface area contributed by atoms with Crippen molar-refractivity contribution in [3.8, 4) is 0 Å². The molecule has 2 aliphatic rings. The Labute approximate surface area is 209 Å². The van der Waals surface area contributed by atoms with Crippen molar-refractivity contribution in [3.63, 3.8) is 0 Å². The normalized spacial score (nSPS) is 19.8. The monoisotopic (exact) mass is 551 g/mol. The predicted octanol–water partition coefficient (Wildman–Crippen LogP) is 3.01. The molecule has 2 aliphatic heterocycles. The number of aromatic nitrogens is 2. The summed E-state index contributed by atoms with van der Waals surface area (Å²) < 4.78 is 1.90. The zero-order valence-corrected chi connectivity index (χ0v) is 21.8. The van der Waals surface area contributed by atoms with Gasteiger partial charge in [-0.2, -0.15) is 5.10 Å². The van der Waals surface area contributed by atoms with E-state index in [1.54, 1.807) is 0 Å². The molecule has 0 radical (unpaired) electrons. The van der Waals surface area contributed by atoms with E-state index in [0.717, 1.165) is 71.3 Å². The summed E-state index contributed by atoms with van der Waals surface area (Å²) in [7, 11) is 1.99. The molecule has 1 aromatic carbocycles. The van der Waals surface area contributed by atoms with Crippen LogP contribution in [0.3, 0.4) is 0 Å². The zero-order chi connectivity index (χ0) is 21.5. The summed E-state index contributed by atoms with van der Waals surface area (Å²) in [4.78, 5) is 12.4. The third-order valence-electron chi connectivity index (χ3n) is 6.41. The van der Waals surface area contributed by atoms with E-state index in [1.807, 2.05) is 17.9 Å². The van der Waals surface area contributed by atoms with Crippen LogP contribution in [0.5, 0.6) is 0 Å². The quantitative estimate of drug-likeness (QED) is 0.248. The molecule has 1 aromatic heterocycles. The van der Waals surface area contributed by atoms with Crippen LogP contribution in [-0.2, 0) is 7.05 Å². The number of para-hydroxylation sites is 1. The van der Waals surface area contributed by atoms with Gasteiger partial charge in [-0.1, -0.05) is 18.2 Å². The highest BCUT2D eigenvalue weighted by Crippen LogP contribution is 2.26. The van der Waals surface area contributed by atoms with Gasteiger partial charge in [0.05, 0.1) is 6.20 Å². The number of hydrogen-bond acceptors (Lipinski definition) is 4. The van der Waals surface area contributed by atoms with Crippen LogP contribution in [0.15, 0.2) is 47.7 Å². The fraction of sp³-hybridized carbons (Fsp3) is 0.583. The molecule has 1 unspecified atom stereocenters. The van der Waals surface area contributed by atoms with Crippen LogP contribution in [0.1, 0.15) is 31.2 Å². The van der Waals surface area contributed by atoms with Crippen LogP contribution in [0.25, 0.3) is 0 Å². The number of aryl methyl sites for hydroxylation is 1. The Morgan fingerprint density at radius 3 is 2.59 bits per heavy atom. The number of nitrogens with zero attached hydrogens (tertiary/aromatic N) is 6. The number of likely N-dealkylation sites (tertiary alicyclic amines) is 1. The molecule has 1 atom stereocenters. The SMILES string of the molecule is CCNC(=NCCCN1CCN(c2ccccc2)CC1)N1CCC(c2cnn(C)c2)C1.I. The van der Waals surface area contributed by atoms with Crippen LogP contribution in [0, 0.1) is 0 Å². The van der Waals surface area contributed by atoms with Crippen LogP contribution in [-0.4, -0.2) is 84.4 Å². The third-order valence-corrected chi connectivity index (χ3v) is 6.41. The lowest BCUT2D eigenvalue weighted by molar-refractivity contribution is 0.256. The number of nitrogens with one attached hydrogen (secondary N) is 1. The van der Waals surface area contributed by atoms with E-state index in [1.165, 1.54) is 17.7 Å². The number of piperazine rings is 1. The van der Waals surface area contributed by atoms with Crippen molar-refractivity contribution in [1.82, 2.24) is 24.9 Å². The Kier molecular flexibility index (Phi) is 9.65. The number of hydrogen-bond donors (Lipinski definition) is 1. The molecular weight excluding hydrogens is 513 g/mol. The molecule has 0 aliphatic carbocycles. The average Bonchev–Trinajstić information content (AvgIpc) is 3.46. The van der Waals surface area contributed by atoms with Crippen LogP contribution < -0.4 is 10.2 Å². The number of benzene rings is 1. The summed E-state index contributed by atoms with van der Waals surface area (Å²) in [6.45, 7) is 11.7. The van der Waals surface area contributed by atoms with Crippen molar-refractivity contribution in [3.05, 3.63) is 48.3 Å². The van der Waals surface area contributed by atoms with Crippen LogP contribution in [0.2, 0.25) is 0 Å². The van der Waals surface area contributed by atoms with Gasteiger partial charge in [-0.15, -0.1) is 24.0 Å². The zero-order valence-electron chi connectivity index (χ0n) is 19.5. The molecule has 2 saturated heterocycles. The van der Waals surface area contributed by atoms with E-state index in [-0.39, 0.29) is 24.0 Å². The van der Waals surface area contributed by atoms with Crippen molar-refractivity contribution >= 4 is 35.6 Å². The minimum absolute atomic E-state index is 0. The number of anilines is 1. The van der Waals surface area contributed by atoms with Gasteiger partial charge in [0.25, 0.3) is 0 Å². The minimum Gasteiger partial charge on any atom is -0.369 e. The topological polar surface area (TPSA) is 51.9 Å². The Balaban J connectivity index is 0.00000289. The molecule has 3 heterocycles. The van der Waals surface area contributed by atoms with Gasteiger partial charge in [0.1, 0.15) is 0 Å². The van der Waals surface area contributed by atoms with Gasteiger partial charge in [0, 0.05) is 83.8 Å².